The van der Waals surface area contributed by atoms with Crippen molar-refractivity contribution in [1.82, 2.24) is 0 Å². The molecule has 0 saturated heterocycles. The first-order valence-corrected chi connectivity index (χ1v) is 3.38. The van der Waals surface area contributed by atoms with Crippen LogP contribution in [0, 0.1) is 0 Å². The number of carbonyl (C=O) groups excluding carboxylic acids is 2. The molecule has 0 fully saturated rings. The number of hydrogen-bond donors (Lipinski definition) is 1. The van der Waals surface area contributed by atoms with Crippen LogP contribution in [0.25, 0.3) is 0 Å². The topological polar surface area (TPSA) is 54.4 Å². The summed E-state index contributed by atoms with van der Waals surface area (Å²) < 4.78 is 0. The molecule has 0 atom stereocenters. The van der Waals surface area contributed by atoms with Crippen molar-refractivity contribution >= 4 is 12.1 Å². The fraction of sp³-hybridized carbons (Fsp3) is 0.111. The Morgan fingerprint density at radius 1 is 1.50 bits per heavy atom. The molecule has 1 N–H and O–H groups in total. The van der Waals surface area contributed by atoms with E-state index >= 15 is 0 Å². The van der Waals surface area contributed by atoms with E-state index in [1.807, 2.05) is 0 Å². The number of Topliss-reactive ketones (excluding diaryl/α,β-unsaturated/α-hetero) is 1. The van der Waals surface area contributed by atoms with Gasteiger partial charge in [-0.1, -0.05) is 6.07 Å². The summed E-state index contributed by atoms with van der Waals surface area (Å²) in [7, 11) is 0. The van der Waals surface area contributed by atoms with Gasteiger partial charge in [0.2, 0.25) is 6.29 Å². The molecule has 3 heteroatoms. The molecule has 3 nitrogen and oxygen atoms in total. The lowest BCUT2D eigenvalue weighted by Gasteiger charge is -2.00. The summed E-state index contributed by atoms with van der Waals surface area (Å²) in [6.07, 6.45) is 1.54. The van der Waals surface area contributed by atoms with Crippen LogP contribution in [0.1, 0.15) is 22.8 Å². The van der Waals surface area contributed by atoms with Crippen LogP contribution >= 0.6 is 0 Å². The molecule has 0 heterocycles. The molecule has 0 aromatic heterocycles. The fourth-order valence-corrected chi connectivity index (χ4v) is 0.910. The molecule has 0 unspecified atom stereocenters. The number of rotatable bonds is 2. The van der Waals surface area contributed by atoms with Crippen LogP contribution in [0.3, 0.4) is 0 Å². The number of ketones is 1. The Morgan fingerprint density at radius 2 is 2.17 bits per heavy atom. The third kappa shape index (κ3) is 1.34. The highest BCUT2D eigenvalue weighted by atomic mass is 16.3. The quantitative estimate of drug-likeness (QED) is 0.663. The van der Waals surface area contributed by atoms with E-state index in [0.717, 1.165) is 0 Å². The monoisotopic (exact) mass is 163 g/mol. The van der Waals surface area contributed by atoms with Gasteiger partial charge in [0.1, 0.15) is 5.75 Å². The molecule has 0 amide bonds. The lowest BCUT2D eigenvalue weighted by molar-refractivity contribution is 0.101. The maximum absolute atomic E-state index is 10.8. The predicted octanol–water partition coefficient (Wildman–Crippen LogP) is 1.05. The minimum absolute atomic E-state index is 0.0164. The Balaban J connectivity index is 3.32. The van der Waals surface area contributed by atoms with Crippen LogP contribution < -0.4 is 0 Å². The molecular formula is C9H7O3. The van der Waals surface area contributed by atoms with Crippen molar-refractivity contribution in [3.63, 3.8) is 0 Å². The highest BCUT2D eigenvalue weighted by Crippen LogP contribution is 2.20. The standard InChI is InChI=1S/C9H7O3/c1-6(11)8-4-2-3-7(5-10)9(8)12/h2-4,12H,1H3. The third-order valence-electron chi connectivity index (χ3n) is 1.53. The number of hydrogen-bond acceptors (Lipinski definition) is 3. The fourth-order valence-electron chi connectivity index (χ4n) is 0.910. The molecule has 1 aromatic carbocycles. The third-order valence-corrected chi connectivity index (χ3v) is 1.53. The molecule has 0 saturated carbocycles. The van der Waals surface area contributed by atoms with Gasteiger partial charge in [0.15, 0.2) is 5.78 Å². The predicted molar refractivity (Wildman–Crippen MR) is 42.9 cm³/mol. The average molecular weight is 163 g/mol. The number of phenolic OH excluding ortho intramolecular Hbond substituents is 1. The summed E-state index contributed by atoms with van der Waals surface area (Å²) in [5, 5.41) is 9.28. The van der Waals surface area contributed by atoms with Crippen LogP contribution in [0.4, 0.5) is 0 Å². The highest BCUT2D eigenvalue weighted by molar-refractivity contribution is 5.99. The van der Waals surface area contributed by atoms with Crippen LogP contribution in [-0.4, -0.2) is 17.2 Å². The van der Waals surface area contributed by atoms with Gasteiger partial charge in [-0.15, -0.1) is 0 Å². The van der Waals surface area contributed by atoms with Crippen molar-refractivity contribution in [1.29, 1.82) is 0 Å². The van der Waals surface area contributed by atoms with E-state index in [-0.39, 0.29) is 22.7 Å². The number of para-hydroxylation sites is 1. The first kappa shape index (κ1) is 8.46. The highest BCUT2D eigenvalue weighted by Gasteiger charge is 2.09. The molecule has 1 radical (unpaired) electrons. The maximum Gasteiger partial charge on any atom is 0.237 e. The van der Waals surface area contributed by atoms with Crippen LogP contribution in [0.2, 0.25) is 0 Å². The molecule has 0 aliphatic heterocycles. The van der Waals surface area contributed by atoms with Crippen molar-refractivity contribution in [2.45, 2.75) is 6.92 Å². The van der Waals surface area contributed by atoms with Crippen molar-refractivity contribution < 1.29 is 14.7 Å². The number of benzene rings is 1. The van der Waals surface area contributed by atoms with E-state index in [1.54, 1.807) is 0 Å². The molecule has 1 rings (SSSR count). The molecule has 0 aliphatic rings. The van der Waals surface area contributed by atoms with Gasteiger partial charge in [0, 0.05) is 0 Å². The molecule has 0 bridgehead atoms. The van der Waals surface area contributed by atoms with Crippen LogP contribution in [0.15, 0.2) is 18.2 Å². The molecule has 61 valence electrons. The summed E-state index contributed by atoms with van der Waals surface area (Å²) >= 11 is 0. The molecule has 0 aliphatic carbocycles. The van der Waals surface area contributed by atoms with E-state index in [1.165, 1.54) is 31.4 Å². The van der Waals surface area contributed by atoms with Gasteiger partial charge < -0.3 is 5.11 Å². The molecule has 1 aromatic rings. The summed E-state index contributed by atoms with van der Waals surface area (Å²) in [6.45, 7) is 1.32. The number of phenols is 1. The largest absolute Gasteiger partial charge is 0.506 e. The summed E-state index contributed by atoms with van der Waals surface area (Å²) in [5.74, 6) is -0.565. The van der Waals surface area contributed by atoms with Gasteiger partial charge in [-0.3, -0.25) is 9.59 Å². The van der Waals surface area contributed by atoms with Gasteiger partial charge >= 0.3 is 0 Å². The zero-order chi connectivity index (χ0) is 9.14. The lowest BCUT2D eigenvalue weighted by Crippen LogP contribution is -1.94. The average Bonchev–Trinajstić information content (AvgIpc) is 2.04. The Bertz CT molecular complexity index is 329. The van der Waals surface area contributed by atoms with Crippen molar-refractivity contribution in [2.24, 2.45) is 0 Å². The Morgan fingerprint density at radius 3 is 2.67 bits per heavy atom. The Hall–Kier alpha value is -1.64. The van der Waals surface area contributed by atoms with Gasteiger partial charge in [-0.2, -0.15) is 0 Å². The van der Waals surface area contributed by atoms with Crippen LogP contribution in [-0.2, 0) is 4.79 Å². The minimum atomic E-state index is -0.292. The molecular weight excluding hydrogens is 156 g/mol. The van der Waals surface area contributed by atoms with Gasteiger partial charge in [0.05, 0.1) is 11.1 Å². The van der Waals surface area contributed by atoms with Gasteiger partial charge in [-0.25, -0.2) is 0 Å². The minimum Gasteiger partial charge on any atom is -0.506 e. The SMILES string of the molecule is CC(=O)c1cccc([C]=O)c1O. The summed E-state index contributed by atoms with van der Waals surface area (Å²) in [4.78, 5) is 21.1. The smallest absolute Gasteiger partial charge is 0.237 e. The van der Waals surface area contributed by atoms with E-state index in [0.29, 0.717) is 0 Å². The summed E-state index contributed by atoms with van der Waals surface area (Å²) in [6, 6.07) is 4.38. The maximum atomic E-state index is 10.8. The zero-order valence-electron chi connectivity index (χ0n) is 6.50. The Kier molecular flexibility index (Phi) is 2.24. The second-order valence-corrected chi connectivity index (χ2v) is 2.36. The first-order chi connectivity index (χ1) is 5.66. The van der Waals surface area contributed by atoms with Crippen molar-refractivity contribution in [3.8, 4) is 5.75 Å². The van der Waals surface area contributed by atoms with Crippen LogP contribution in [0.5, 0.6) is 5.75 Å². The Labute approximate surface area is 69.6 Å². The number of carbonyl (C=O) groups is 1. The molecule has 12 heavy (non-hydrogen) atoms. The molecule has 0 spiro atoms. The van der Waals surface area contributed by atoms with Crippen molar-refractivity contribution in [3.05, 3.63) is 29.3 Å². The summed E-state index contributed by atoms with van der Waals surface area (Å²) in [5.41, 5.74) is 0.165. The number of aromatic hydroxyl groups is 1. The van der Waals surface area contributed by atoms with E-state index in [2.05, 4.69) is 0 Å². The normalized spacial score (nSPS) is 9.42. The second-order valence-electron chi connectivity index (χ2n) is 2.36. The van der Waals surface area contributed by atoms with E-state index in [4.69, 9.17) is 0 Å². The lowest BCUT2D eigenvalue weighted by atomic mass is 10.1. The van der Waals surface area contributed by atoms with Gasteiger partial charge in [0.25, 0.3) is 0 Å². The van der Waals surface area contributed by atoms with E-state index < -0.39 is 0 Å². The first-order valence-electron chi connectivity index (χ1n) is 3.38. The second kappa shape index (κ2) is 3.17. The zero-order valence-corrected chi connectivity index (χ0v) is 6.50. The van der Waals surface area contributed by atoms with Crippen molar-refractivity contribution in [2.75, 3.05) is 0 Å². The van der Waals surface area contributed by atoms with Gasteiger partial charge in [-0.05, 0) is 19.1 Å². The van der Waals surface area contributed by atoms with E-state index in [9.17, 15) is 14.7 Å².